The zero-order valence-corrected chi connectivity index (χ0v) is 5.27. The lowest BCUT2D eigenvalue weighted by atomic mass is 10.5. The third kappa shape index (κ3) is 5.98. The highest BCUT2D eigenvalue weighted by Crippen LogP contribution is 1.71. The van der Waals surface area contributed by atoms with E-state index in [1.807, 2.05) is 14.1 Å². The second kappa shape index (κ2) is 4.15. The fourth-order valence-electron chi connectivity index (χ4n) is 0.274. The maximum Gasteiger partial charge on any atom is 0.257 e. The Kier molecular flexibility index (Phi) is 4.14. The van der Waals surface area contributed by atoms with Gasteiger partial charge in [-0.2, -0.15) is 0 Å². The minimum atomic E-state index is 0.826. The second-order valence-corrected chi connectivity index (χ2v) is 1.80. The number of likely N-dealkylation sites (N-methyl/N-ethyl adjacent to an activating group) is 1. The minimum Gasteiger partial charge on any atom is -0.443 e. The van der Waals surface area contributed by atoms with Gasteiger partial charge in [0.15, 0.2) is 0 Å². The highest BCUT2D eigenvalue weighted by atomic mass is 16.4. The summed E-state index contributed by atoms with van der Waals surface area (Å²) < 4.78 is 4.81. The zero-order valence-electron chi connectivity index (χ0n) is 5.27. The van der Waals surface area contributed by atoms with Crippen LogP contribution in [0.4, 0.5) is 0 Å². The Hall–Kier alpha value is -0.0151. The molecule has 0 spiro atoms. The summed E-state index contributed by atoms with van der Waals surface area (Å²) in [5.41, 5.74) is 0. The topological polar surface area (TPSA) is 12.5 Å². The van der Waals surface area contributed by atoms with Gasteiger partial charge in [0, 0.05) is 13.2 Å². The van der Waals surface area contributed by atoms with E-state index in [1.165, 1.54) is 0 Å². The van der Waals surface area contributed by atoms with Crippen LogP contribution in [0.2, 0.25) is 0 Å². The fraction of sp³-hybridized carbons (Fsp3) is 1.00. The highest BCUT2D eigenvalue weighted by Gasteiger charge is 1.83. The molecule has 0 saturated carbocycles. The highest BCUT2D eigenvalue weighted by molar-refractivity contribution is 5.97. The number of rotatable bonds is 3. The molecule has 42 valence electrons. The average Bonchev–Trinajstić information content (AvgIpc) is 1.61. The smallest absolute Gasteiger partial charge is 0.257 e. The van der Waals surface area contributed by atoms with Crippen LogP contribution >= 0.6 is 0 Å². The van der Waals surface area contributed by atoms with Gasteiger partial charge in [0.1, 0.15) is 0 Å². The normalized spacial score (nSPS) is 10.1. The molecule has 0 heterocycles. The van der Waals surface area contributed by atoms with E-state index in [2.05, 4.69) is 4.90 Å². The lowest BCUT2D eigenvalue weighted by Gasteiger charge is -2.06. The summed E-state index contributed by atoms with van der Waals surface area (Å²) in [4.78, 5) is 2.09. The predicted octanol–water partition coefficient (Wildman–Crippen LogP) is -0.887. The first-order valence-corrected chi connectivity index (χ1v) is 2.41. The van der Waals surface area contributed by atoms with Crippen LogP contribution in [0, 0.1) is 0 Å². The van der Waals surface area contributed by atoms with Crippen molar-refractivity contribution in [3.05, 3.63) is 0 Å². The molecule has 0 amide bonds. The molecular weight excluding hydrogens is 88.9 g/mol. The Labute approximate surface area is 45.9 Å². The quantitative estimate of drug-likeness (QED) is 0.427. The SMILES string of the molecule is BOCCN(C)C. The molecule has 0 saturated heterocycles. The van der Waals surface area contributed by atoms with Crippen LogP contribution in [0.3, 0.4) is 0 Å². The van der Waals surface area contributed by atoms with Gasteiger partial charge < -0.3 is 9.55 Å². The minimum absolute atomic E-state index is 0.826. The van der Waals surface area contributed by atoms with Crippen LogP contribution in [0.25, 0.3) is 0 Å². The number of hydrogen-bond acceptors (Lipinski definition) is 2. The average molecular weight is 101 g/mol. The van der Waals surface area contributed by atoms with Gasteiger partial charge >= 0.3 is 0 Å². The van der Waals surface area contributed by atoms with Gasteiger partial charge in [0.2, 0.25) is 0 Å². The molecule has 0 bridgehead atoms. The van der Waals surface area contributed by atoms with Gasteiger partial charge in [-0.25, -0.2) is 0 Å². The molecule has 0 aliphatic heterocycles. The van der Waals surface area contributed by atoms with Gasteiger partial charge in [-0.1, -0.05) is 0 Å². The van der Waals surface area contributed by atoms with Crippen molar-refractivity contribution in [1.82, 2.24) is 4.90 Å². The molecule has 3 heteroatoms. The number of hydrogen-bond donors (Lipinski definition) is 0. The Morgan fingerprint density at radius 3 is 2.29 bits per heavy atom. The van der Waals surface area contributed by atoms with Gasteiger partial charge in [-0.3, -0.25) is 0 Å². The van der Waals surface area contributed by atoms with Crippen molar-refractivity contribution in [1.29, 1.82) is 0 Å². The first-order valence-electron chi connectivity index (χ1n) is 2.41. The van der Waals surface area contributed by atoms with Crippen molar-refractivity contribution in [2.45, 2.75) is 0 Å². The van der Waals surface area contributed by atoms with E-state index in [0.717, 1.165) is 13.2 Å². The van der Waals surface area contributed by atoms with Crippen molar-refractivity contribution in [2.75, 3.05) is 27.2 Å². The van der Waals surface area contributed by atoms with Gasteiger partial charge in [0.05, 0.1) is 0 Å². The summed E-state index contributed by atoms with van der Waals surface area (Å²) in [5.74, 6) is 0. The Morgan fingerprint density at radius 2 is 2.14 bits per heavy atom. The van der Waals surface area contributed by atoms with Crippen molar-refractivity contribution >= 4 is 8.05 Å². The summed E-state index contributed by atoms with van der Waals surface area (Å²) in [5, 5.41) is 0. The molecule has 0 aromatic carbocycles. The molecular formula is C4H12BNO. The molecule has 0 radical (unpaired) electrons. The summed E-state index contributed by atoms with van der Waals surface area (Å²) in [6.07, 6.45) is 0. The molecule has 0 fully saturated rings. The Bertz CT molecular complexity index is 40.7. The largest absolute Gasteiger partial charge is 0.443 e. The first-order chi connectivity index (χ1) is 3.27. The van der Waals surface area contributed by atoms with Crippen molar-refractivity contribution < 1.29 is 4.65 Å². The van der Waals surface area contributed by atoms with Gasteiger partial charge in [0.25, 0.3) is 8.05 Å². The molecule has 2 nitrogen and oxygen atoms in total. The van der Waals surface area contributed by atoms with E-state index in [0.29, 0.717) is 0 Å². The van der Waals surface area contributed by atoms with Crippen molar-refractivity contribution in [3.63, 3.8) is 0 Å². The van der Waals surface area contributed by atoms with Gasteiger partial charge in [-0.15, -0.1) is 0 Å². The van der Waals surface area contributed by atoms with E-state index >= 15 is 0 Å². The molecule has 0 aromatic rings. The monoisotopic (exact) mass is 101 g/mol. The van der Waals surface area contributed by atoms with Crippen LogP contribution < -0.4 is 0 Å². The lowest BCUT2D eigenvalue weighted by molar-refractivity contribution is 0.279. The van der Waals surface area contributed by atoms with Gasteiger partial charge in [-0.05, 0) is 14.1 Å². The summed E-state index contributed by atoms with van der Waals surface area (Å²) in [6, 6.07) is 0. The van der Waals surface area contributed by atoms with E-state index in [1.54, 1.807) is 8.05 Å². The van der Waals surface area contributed by atoms with E-state index in [9.17, 15) is 0 Å². The third-order valence-corrected chi connectivity index (χ3v) is 0.743. The second-order valence-electron chi connectivity index (χ2n) is 1.80. The Balaban J connectivity index is 2.68. The fourth-order valence-corrected chi connectivity index (χ4v) is 0.274. The molecule has 0 unspecified atom stereocenters. The zero-order chi connectivity index (χ0) is 5.70. The van der Waals surface area contributed by atoms with E-state index in [4.69, 9.17) is 4.65 Å². The maximum atomic E-state index is 4.81. The van der Waals surface area contributed by atoms with Crippen LogP contribution in [-0.4, -0.2) is 40.2 Å². The maximum absolute atomic E-state index is 4.81. The van der Waals surface area contributed by atoms with Crippen molar-refractivity contribution in [2.24, 2.45) is 0 Å². The molecule has 0 N–H and O–H groups in total. The Morgan fingerprint density at radius 1 is 1.57 bits per heavy atom. The van der Waals surface area contributed by atoms with Crippen molar-refractivity contribution in [3.8, 4) is 0 Å². The first kappa shape index (κ1) is 6.98. The molecule has 0 aliphatic rings. The standard InChI is InChI=1S/C4H12BNO/c1-6(2)3-4-7-5/h3-5H2,1-2H3. The van der Waals surface area contributed by atoms with Crippen LogP contribution in [-0.2, 0) is 4.65 Å². The summed E-state index contributed by atoms with van der Waals surface area (Å²) in [6.45, 7) is 1.84. The molecule has 0 rings (SSSR count). The van der Waals surface area contributed by atoms with E-state index < -0.39 is 0 Å². The van der Waals surface area contributed by atoms with E-state index in [-0.39, 0.29) is 0 Å². The molecule has 0 atom stereocenters. The molecule has 7 heavy (non-hydrogen) atoms. The lowest BCUT2D eigenvalue weighted by Crippen LogP contribution is -2.17. The predicted molar refractivity (Wildman–Crippen MR) is 33.0 cm³/mol. The summed E-state index contributed by atoms with van der Waals surface area (Å²) >= 11 is 0. The number of nitrogens with zero attached hydrogens (tertiary/aromatic N) is 1. The summed E-state index contributed by atoms with van der Waals surface area (Å²) in [7, 11) is 5.77. The van der Waals surface area contributed by atoms with Crippen LogP contribution in [0.15, 0.2) is 0 Å². The molecule has 0 aliphatic carbocycles. The third-order valence-electron chi connectivity index (χ3n) is 0.743. The van der Waals surface area contributed by atoms with Crippen LogP contribution in [0.1, 0.15) is 0 Å². The van der Waals surface area contributed by atoms with Crippen LogP contribution in [0.5, 0.6) is 0 Å². The molecule has 0 aromatic heterocycles.